The predicted molar refractivity (Wildman–Crippen MR) is 69.1 cm³/mol. The van der Waals surface area contributed by atoms with E-state index in [1.165, 1.54) is 4.90 Å². The molecule has 0 unspecified atom stereocenters. The van der Waals surface area contributed by atoms with Crippen LogP contribution >= 0.6 is 0 Å². The number of pyridine rings is 1. The van der Waals surface area contributed by atoms with Crippen LogP contribution in [0.25, 0.3) is 5.65 Å². The monoisotopic (exact) mass is 261 g/mol. The summed E-state index contributed by atoms with van der Waals surface area (Å²) in [6.07, 6.45) is 1.64. The van der Waals surface area contributed by atoms with E-state index >= 15 is 0 Å². The highest BCUT2D eigenvalue weighted by atomic mass is 16.4. The van der Waals surface area contributed by atoms with E-state index < -0.39 is 5.97 Å². The lowest BCUT2D eigenvalue weighted by Gasteiger charge is -2.16. The fourth-order valence-corrected chi connectivity index (χ4v) is 1.90. The Balaban J connectivity index is 2.35. The molecule has 6 heteroatoms. The second-order valence-corrected chi connectivity index (χ2v) is 4.23. The van der Waals surface area contributed by atoms with Crippen molar-refractivity contribution >= 4 is 17.5 Å². The number of amides is 1. The Hall–Kier alpha value is -2.37. The summed E-state index contributed by atoms with van der Waals surface area (Å²) in [7, 11) is 0. The second-order valence-electron chi connectivity index (χ2n) is 4.23. The van der Waals surface area contributed by atoms with E-state index in [1.807, 2.05) is 23.5 Å². The minimum atomic E-state index is -1.03. The summed E-state index contributed by atoms with van der Waals surface area (Å²) in [5.74, 6) is -1.40. The molecule has 2 heterocycles. The maximum absolute atomic E-state index is 12.2. The Bertz CT molecular complexity index is 633. The third-order valence-corrected chi connectivity index (χ3v) is 2.91. The minimum Gasteiger partial charge on any atom is -0.480 e. The van der Waals surface area contributed by atoms with Gasteiger partial charge in [0.2, 0.25) is 0 Å². The SMILES string of the molecule is CCN(CC(=O)O)C(=O)c1cn2c(C)cccc2n1. The molecule has 0 saturated heterocycles. The molecule has 0 bridgehead atoms. The van der Waals surface area contributed by atoms with E-state index in [0.29, 0.717) is 12.2 Å². The summed E-state index contributed by atoms with van der Waals surface area (Å²) in [6, 6.07) is 5.58. The van der Waals surface area contributed by atoms with Crippen molar-refractivity contribution < 1.29 is 14.7 Å². The highest BCUT2D eigenvalue weighted by molar-refractivity contribution is 5.94. The second kappa shape index (κ2) is 5.09. The molecule has 0 aliphatic rings. The number of fused-ring (bicyclic) bond motifs is 1. The highest BCUT2D eigenvalue weighted by Crippen LogP contribution is 2.10. The summed E-state index contributed by atoms with van der Waals surface area (Å²) < 4.78 is 1.81. The van der Waals surface area contributed by atoms with E-state index in [-0.39, 0.29) is 18.1 Å². The number of rotatable bonds is 4. The van der Waals surface area contributed by atoms with Crippen LogP contribution in [0.3, 0.4) is 0 Å². The number of hydrogen-bond acceptors (Lipinski definition) is 3. The van der Waals surface area contributed by atoms with Crippen LogP contribution in [0.2, 0.25) is 0 Å². The van der Waals surface area contributed by atoms with Crippen molar-refractivity contribution in [1.29, 1.82) is 0 Å². The van der Waals surface area contributed by atoms with E-state index in [1.54, 1.807) is 19.2 Å². The van der Waals surface area contributed by atoms with Gasteiger partial charge in [0.25, 0.3) is 5.91 Å². The summed E-state index contributed by atoms with van der Waals surface area (Å²) in [6.45, 7) is 3.67. The highest BCUT2D eigenvalue weighted by Gasteiger charge is 2.19. The molecule has 0 spiro atoms. The van der Waals surface area contributed by atoms with Crippen LogP contribution in [0.1, 0.15) is 23.1 Å². The molecule has 0 aliphatic carbocycles. The average molecular weight is 261 g/mol. The largest absolute Gasteiger partial charge is 0.480 e. The molecule has 1 N–H and O–H groups in total. The van der Waals surface area contributed by atoms with Gasteiger partial charge in [0, 0.05) is 18.4 Å². The number of carboxylic acids is 1. The standard InChI is InChI=1S/C13H15N3O3/c1-3-15(8-12(17)18)13(19)10-7-16-9(2)5-4-6-11(16)14-10/h4-7H,3,8H2,1-2H3,(H,17,18). The van der Waals surface area contributed by atoms with Crippen LogP contribution in [-0.2, 0) is 4.79 Å². The molecule has 0 radical (unpaired) electrons. The average Bonchev–Trinajstić information content (AvgIpc) is 2.80. The van der Waals surface area contributed by atoms with Gasteiger partial charge >= 0.3 is 5.97 Å². The first-order chi connectivity index (χ1) is 9.02. The molecular weight excluding hydrogens is 246 g/mol. The van der Waals surface area contributed by atoms with Gasteiger partial charge in [-0.2, -0.15) is 0 Å². The Morgan fingerprint density at radius 1 is 1.42 bits per heavy atom. The summed E-state index contributed by atoms with van der Waals surface area (Å²) in [5, 5.41) is 8.78. The molecule has 0 saturated carbocycles. The zero-order valence-corrected chi connectivity index (χ0v) is 10.8. The molecule has 0 aromatic carbocycles. The normalized spacial score (nSPS) is 10.6. The molecule has 19 heavy (non-hydrogen) atoms. The van der Waals surface area contributed by atoms with Gasteiger partial charge in [-0.25, -0.2) is 4.98 Å². The van der Waals surface area contributed by atoms with Crippen LogP contribution in [-0.4, -0.2) is 44.4 Å². The molecule has 2 rings (SSSR count). The van der Waals surface area contributed by atoms with Gasteiger partial charge in [0.15, 0.2) is 0 Å². The van der Waals surface area contributed by atoms with Gasteiger partial charge in [0.05, 0.1) is 0 Å². The van der Waals surface area contributed by atoms with Gasteiger partial charge in [-0.1, -0.05) is 6.07 Å². The lowest BCUT2D eigenvalue weighted by molar-refractivity contribution is -0.137. The first-order valence-corrected chi connectivity index (χ1v) is 5.98. The van der Waals surface area contributed by atoms with E-state index in [9.17, 15) is 9.59 Å². The molecule has 6 nitrogen and oxygen atoms in total. The van der Waals surface area contributed by atoms with Crippen molar-refractivity contribution in [2.75, 3.05) is 13.1 Å². The zero-order chi connectivity index (χ0) is 14.0. The third-order valence-electron chi connectivity index (χ3n) is 2.91. The topological polar surface area (TPSA) is 74.9 Å². The van der Waals surface area contributed by atoms with Gasteiger partial charge in [0.1, 0.15) is 17.9 Å². The number of likely N-dealkylation sites (N-methyl/N-ethyl adjacent to an activating group) is 1. The van der Waals surface area contributed by atoms with Gasteiger partial charge in [-0.3, -0.25) is 9.59 Å². The first kappa shape index (κ1) is 13.1. The number of aliphatic carboxylic acids is 1. The van der Waals surface area contributed by atoms with Crippen LogP contribution in [0.4, 0.5) is 0 Å². The maximum Gasteiger partial charge on any atom is 0.323 e. The number of aryl methyl sites for hydroxylation is 1. The Morgan fingerprint density at radius 2 is 2.16 bits per heavy atom. The summed E-state index contributed by atoms with van der Waals surface area (Å²) in [5.41, 5.74) is 1.90. The van der Waals surface area contributed by atoms with E-state index in [4.69, 9.17) is 5.11 Å². The lowest BCUT2D eigenvalue weighted by Crippen LogP contribution is -2.35. The Labute approximate surface area is 110 Å². The number of hydrogen-bond donors (Lipinski definition) is 1. The van der Waals surface area contributed by atoms with Crippen LogP contribution in [0.5, 0.6) is 0 Å². The fraction of sp³-hybridized carbons (Fsp3) is 0.308. The minimum absolute atomic E-state index is 0.261. The molecule has 2 aromatic rings. The van der Waals surface area contributed by atoms with Crippen LogP contribution < -0.4 is 0 Å². The fourth-order valence-electron chi connectivity index (χ4n) is 1.90. The van der Waals surface area contributed by atoms with Gasteiger partial charge in [-0.15, -0.1) is 0 Å². The zero-order valence-electron chi connectivity index (χ0n) is 10.8. The maximum atomic E-state index is 12.2. The van der Waals surface area contributed by atoms with E-state index in [2.05, 4.69) is 4.98 Å². The molecule has 0 aliphatic heterocycles. The molecule has 1 amide bonds. The lowest BCUT2D eigenvalue weighted by atomic mass is 10.3. The number of carbonyl (C=O) groups excluding carboxylic acids is 1. The summed E-state index contributed by atoms with van der Waals surface area (Å²) in [4.78, 5) is 28.4. The van der Waals surface area contributed by atoms with Crippen molar-refractivity contribution in [1.82, 2.24) is 14.3 Å². The van der Waals surface area contributed by atoms with Gasteiger partial charge in [-0.05, 0) is 26.0 Å². The van der Waals surface area contributed by atoms with Crippen molar-refractivity contribution in [3.63, 3.8) is 0 Å². The quantitative estimate of drug-likeness (QED) is 0.897. The number of imidazole rings is 1. The molecule has 100 valence electrons. The molecule has 0 atom stereocenters. The van der Waals surface area contributed by atoms with Gasteiger partial charge < -0.3 is 14.4 Å². The first-order valence-electron chi connectivity index (χ1n) is 5.98. The molecule has 0 fully saturated rings. The smallest absolute Gasteiger partial charge is 0.323 e. The molecule has 2 aromatic heterocycles. The molecular formula is C13H15N3O3. The third kappa shape index (κ3) is 2.57. The van der Waals surface area contributed by atoms with Crippen LogP contribution in [0.15, 0.2) is 24.4 Å². The van der Waals surface area contributed by atoms with Crippen molar-refractivity contribution in [3.05, 3.63) is 35.8 Å². The van der Waals surface area contributed by atoms with Crippen molar-refractivity contribution in [2.45, 2.75) is 13.8 Å². The number of nitrogens with zero attached hydrogens (tertiary/aromatic N) is 3. The Morgan fingerprint density at radius 3 is 2.74 bits per heavy atom. The number of aromatic nitrogens is 2. The number of carbonyl (C=O) groups is 2. The van der Waals surface area contributed by atoms with E-state index in [0.717, 1.165) is 5.69 Å². The Kier molecular flexibility index (Phi) is 3.50. The van der Waals surface area contributed by atoms with Crippen molar-refractivity contribution in [2.24, 2.45) is 0 Å². The predicted octanol–water partition coefficient (Wildman–Crippen LogP) is 1.19. The van der Waals surface area contributed by atoms with Crippen molar-refractivity contribution in [3.8, 4) is 0 Å². The number of carboxylic acid groups (broad SMARTS) is 1. The summed E-state index contributed by atoms with van der Waals surface area (Å²) >= 11 is 0. The van der Waals surface area contributed by atoms with Crippen LogP contribution in [0, 0.1) is 6.92 Å².